The normalized spacial score (nSPS) is 10.7. The van der Waals surface area contributed by atoms with Crippen molar-refractivity contribution >= 4 is 16.8 Å². The van der Waals surface area contributed by atoms with Gasteiger partial charge in [-0.1, -0.05) is 18.2 Å². The van der Waals surface area contributed by atoms with Gasteiger partial charge in [0.2, 0.25) is 0 Å². The fourth-order valence-electron chi connectivity index (χ4n) is 2.48. The molecule has 0 fully saturated rings. The molecule has 0 N–H and O–H groups in total. The Morgan fingerprint density at radius 3 is 2.36 bits per heavy atom. The zero-order valence-corrected chi connectivity index (χ0v) is 12.7. The first-order valence-corrected chi connectivity index (χ1v) is 6.90. The quantitative estimate of drug-likeness (QED) is 0.673. The molecule has 0 aliphatic carbocycles. The van der Waals surface area contributed by atoms with Crippen LogP contribution in [0.4, 0.5) is 0 Å². The SMILES string of the molecule is COc1cc(OC)c(-c2cc3ccccc3o2)cc1C(C)=O. The van der Waals surface area contributed by atoms with Crippen LogP contribution in [0.1, 0.15) is 17.3 Å². The number of carbonyl (C=O) groups excluding carboxylic acids is 1. The lowest BCUT2D eigenvalue weighted by Gasteiger charge is -2.12. The van der Waals surface area contributed by atoms with Crippen LogP contribution in [-0.2, 0) is 0 Å². The summed E-state index contributed by atoms with van der Waals surface area (Å²) in [5, 5.41) is 1.000. The second kappa shape index (κ2) is 5.56. The van der Waals surface area contributed by atoms with Crippen LogP contribution in [0.5, 0.6) is 11.5 Å². The number of hydrogen-bond donors (Lipinski definition) is 0. The molecule has 1 aromatic heterocycles. The van der Waals surface area contributed by atoms with Crippen molar-refractivity contribution in [2.24, 2.45) is 0 Å². The van der Waals surface area contributed by atoms with Gasteiger partial charge in [-0.05, 0) is 25.1 Å². The van der Waals surface area contributed by atoms with Gasteiger partial charge in [0.05, 0.1) is 25.3 Å². The van der Waals surface area contributed by atoms with Crippen molar-refractivity contribution in [3.05, 3.63) is 48.0 Å². The number of hydrogen-bond acceptors (Lipinski definition) is 4. The van der Waals surface area contributed by atoms with Crippen LogP contribution in [0.3, 0.4) is 0 Å². The van der Waals surface area contributed by atoms with E-state index in [4.69, 9.17) is 13.9 Å². The summed E-state index contributed by atoms with van der Waals surface area (Å²) in [7, 11) is 3.11. The third kappa shape index (κ3) is 2.33. The minimum atomic E-state index is -0.0723. The predicted molar refractivity (Wildman–Crippen MR) is 84.8 cm³/mol. The molecule has 0 saturated heterocycles. The average molecular weight is 296 g/mol. The molecule has 4 nitrogen and oxygen atoms in total. The average Bonchev–Trinajstić information content (AvgIpc) is 2.97. The van der Waals surface area contributed by atoms with Gasteiger partial charge in [0.25, 0.3) is 0 Å². The first-order chi connectivity index (χ1) is 10.6. The van der Waals surface area contributed by atoms with E-state index in [2.05, 4.69) is 0 Å². The van der Waals surface area contributed by atoms with Gasteiger partial charge in [0, 0.05) is 11.5 Å². The second-order valence-corrected chi connectivity index (χ2v) is 4.96. The molecule has 0 aliphatic rings. The van der Waals surface area contributed by atoms with Gasteiger partial charge in [0.15, 0.2) is 5.78 Å². The number of rotatable bonds is 4. The van der Waals surface area contributed by atoms with E-state index in [0.717, 1.165) is 16.5 Å². The molecule has 2 aromatic carbocycles. The third-order valence-electron chi connectivity index (χ3n) is 3.59. The fourth-order valence-corrected chi connectivity index (χ4v) is 2.48. The maximum atomic E-state index is 11.8. The number of ketones is 1. The topological polar surface area (TPSA) is 48.7 Å². The summed E-state index contributed by atoms with van der Waals surface area (Å²) < 4.78 is 16.6. The summed E-state index contributed by atoms with van der Waals surface area (Å²) in [6.45, 7) is 1.51. The van der Waals surface area contributed by atoms with Crippen LogP contribution in [0.15, 0.2) is 46.9 Å². The van der Waals surface area contributed by atoms with E-state index in [1.54, 1.807) is 19.2 Å². The third-order valence-corrected chi connectivity index (χ3v) is 3.59. The number of carbonyl (C=O) groups is 1. The van der Waals surface area contributed by atoms with Crippen LogP contribution in [-0.4, -0.2) is 20.0 Å². The van der Waals surface area contributed by atoms with Crippen LogP contribution in [0, 0.1) is 0 Å². The number of methoxy groups -OCH3 is 2. The number of furan rings is 1. The van der Waals surface area contributed by atoms with Crippen molar-refractivity contribution in [1.82, 2.24) is 0 Å². The van der Waals surface area contributed by atoms with Crippen molar-refractivity contribution in [3.63, 3.8) is 0 Å². The van der Waals surface area contributed by atoms with Crippen LogP contribution < -0.4 is 9.47 Å². The lowest BCUT2D eigenvalue weighted by molar-refractivity contribution is 0.101. The molecule has 0 aliphatic heterocycles. The Labute approximate surface area is 128 Å². The van der Waals surface area contributed by atoms with Crippen molar-refractivity contribution < 1.29 is 18.7 Å². The van der Waals surface area contributed by atoms with Crippen molar-refractivity contribution in [1.29, 1.82) is 0 Å². The maximum absolute atomic E-state index is 11.8. The molecular weight excluding hydrogens is 280 g/mol. The molecule has 0 spiro atoms. The first-order valence-electron chi connectivity index (χ1n) is 6.90. The minimum Gasteiger partial charge on any atom is -0.496 e. The highest BCUT2D eigenvalue weighted by Gasteiger charge is 2.18. The summed E-state index contributed by atoms with van der Waals surface area (Å²) >= 11 is 0. The molecule has 0 atom stereocenters. The summed E-state index contributed by atoms with van der Waals surface area (Å²) in [5.74, 6) is 1.67. The van der Waals surface area contributed by atoms with Crippen LogP contribution >= 0.6 is 0 Å². The van der Waals surface area contributed by atoms with Gasteiger partial charge in [-0.3, -0.25) is 4.79 Å². The predicted octanol–water partition coefficient (Wildman–Crippen LogP) is 4.32. The van der Waals surface area contributed by atoms with Gasteiger partial charge in [0.1, 0.15) is 22.8 Å². The molecule has 0 radical (unpaired) electrons. The summed E-state index contributed by atoms with van der Waals surface area (Å²) in [6.07, 6.45) is 0. The second-order valence-electron chi connectivity index (χ2n) is 4.96. The fraction of sp³-hybridized carbons (Fsp3) is 0.167. The number of ether oxygens (including phenoxy) is 2. The highest BCUT2D eigenvalue weighted by Crippen LogP contribution is 2.38. The number of fused-ring (bicyclic) bond motifs is 1. The summed E-state index contributed by atoms with van der Waals surface area (Å²) in [4.78, 5) is 11.8. The lowest BCUT2D eigenvalue weighted by atomic mass is 10.0. The van der Waals surface area contributed by atoms with E-state index in [1.165, 1.54) is 14.0 Å². The van der Waals surface area contributed by atoms with Crippen LogP contribution in [0.25, 0.3) is 22.3 Å². The maximum Gasteiger partial charge on any atom is 0.163 e. The lowest BCUT2D eigenvalue weighted by Crippen LogP contribution is -2.00. The van der Waals surface area contributed by atoms with Gasteiger partial charge in [-0.15, -0.1) is 0 Å². The highest BCUT2D eigenvalue weighted by molar-refractivity contribution is 5.99. The Hall–Kier alpha value is -2.75. The van der Waals surface area contributed by atoms with Crippen LogP contribution in [0.2, 0.25) is 0 Å². The highest BCUT2D eigenvalue weighted by atomic mass is 16.5. The van der Waals surface area contributed by atoms with E-state index in [0.29, 0.717) is 22.8 Å². The Morgan fingerprint density at radius 1 is 1.00 bits per heavy atom. The van der Waals surface area contributed by atoms with Gasteiger partial charge >= 0.3 is 0 Å². The smallest absolute Gasteiger partial charge is 0.163 e. The van der Waals surface area contributed by atoms with E-state index in [-0.39, 0.29) is 5.78 Å². The zero-order valence-electron chi connectivity index (χ0n) is 12.7. The Balaban J connectivity index is 2.24. The Kier molecular flexibility index (Phi) is 3.59. The van der Waals surface area contributed by atoms with Gasteiger partial charge in [-0.2, -0.15) is 0 Å². The molecule has 4 heteroatoms. The molecular formula is C18H16O4. The van der Waals surface area contributed by atoms with Gasteiger partial charge < -0.3 is 13.9 Å². The monoisotopic (exact) mass is 296 g/mol. The molecule has 0 bridgehead atoms. The molecule has 112 valence electrons. The number of Topliss-reactive ketones (excluding diaryl/α,β-unsaturated/α-hetero) is 1. The van der Waals surface area contributed by atoms with Crippen molar-refractivity contribution in [2.45, 2.75) is 6.92 Å². The molecule has 3 rings (SSSR count). The molecule has 0 saturated carbocycles. The van der Waals surface area contributed by atoms with Gasteiger partial charge in [-0.25, -0.2) is 0 Å². The summed E-state index contributed by atoms with van der Waals surface area (Å²) in [5.41, 5.74) is 2.02. The number of para-hydroxylation sites is 1. The molecule has 3 aromatic rings. The van der Waals surface area contributed by atoms with E-state index in [1.807, 2.05) is 30.3 Å². The Bertz CT molecular complexity index is 812. The first kappa shape index (κ1) is 14.2. The van der Waals surface area contributed by atoms with Crippen molar-refractivity contribution in [3.8, 4) is 22.8 Å². The van der Waals surface area contributed by atoms with E-state index >= 15 is 0 Å². The Morgan fingerprint density at radius 2 is 1.73 bits per heavy atom. The molecule has 0 unspecified atom stereocenters. The zero-order chi connectivity index (χ0) is 15.7. The number of benzene rings is 2. The standard InChI is InChI=1S/C18H16O4/c1-11(19)13-9-14(17(21-3)10-16(13)20-2)18-8-12-6-4-5-7-15(12)22-18/h4-10H,1-3H3. The molecule has 0 amide bonds. The van der Waals surface area contributed by atoms with E-state index < -0.39 is 0 Å². The minimum absolute atomic E-state index is 0.0723. The van der Waals surface area contributed by atoms with Crippen molar-refractivity contribution in [2.75, 3.05) is 14.2 Å². The largest absolute Gasteiger partial charge is 0.496 e. The molecule has 1 heterocycles. The van der Waals surface area contributed by atoms with E-state index in [9.17, 15) is 4.79 Å². The summed E-state index contributed by atoms with van der Waals surface area (Å²) in [6, 6.07) is 13.1. The molecule has 22 heavy (non-hydrogen) atoms.